The first-order chi connectivity index (χ1) is 13.4. The molecule has 7 heteroatoms. The Morgan fingerprint density at radius 3 is 2.57 bits per heavy atom. The van der Waals surface area contributed by atoms with Gasteiger partial charge in [-0.15, -0.1) is 0 Å². The minimum absolute atomic E-state index is 0.0493. The molecule has 2 atom stereocenters. The van der Waals surface area contributed by atoms with Crippen molar-refractivity contribution in [1.29, 1.82) is 0 Å². The van der Waals surface area contributed by atoms with Crippen LogP contribution in [0.4, 0.5) is 13.2 Å². The first kappa shape index (κ1) is 20.1. The first-order valence-corrected chi connectivity index (χ1v) is 8.96. The van der Waals surface area contributed by atoms with E-state index in [0.717, 1.165) is 17.8 Å². The topological polar surface area (TPSA) is 42.4 Å². The molecule has 28 heavy (non-hydrogen) atoms. The van der Waals surface area contributed by atoms with Crippen LogP contribution in [0, 0.1) is 5.92 Å². The molecule has 1 fully saturated rings. The van der Waals surface area contributed by atoms with Crippen LogP contribution in [0.15, 0.2) is 61.3 Å². The molecule has 0 spiro atoms. The Labute approximate surface area is 161 Å². The Bertz CT molecular complexity index is 807. The lowest BCUT2D eigenvalue weighted by Crippen LogP contribution is -2.28. The highest BCUT2D eigenvalue weighted by atomic mass is 19.4. The van der Waals surface area contributed by atoms with Gasteiger partial charge < -0.3 is 9.64 Å². The Hall–Kier alpha value is -2.67. The van der Waals surface area contributed by atoms with Crippen molar-refractivity contribution >= 4 is 5.91 Å². The highest BCUT2D eigenvalue weighted by molar-refractivity contribution is 5.87. The number of likely N-dealkylation sites (tertiary alicyclic amines) is 1. The monoisotopic (exact) mass is 390 g/mol. The molecule has 1 aliphatic rings. The number of hydrogen-bond donors (Lipinski definition) is 0. The van der Waals surface area contributed by atoms with Crippen LogP contribution in [0.1, 0.15) is 16.8 Å². The van der Waals surface area contributed by atoms with Crippen molar-refractivity contribution in [3.63, 3.8) is 0 Å². The third kappa shape index (κ3) is 4.98. The Balaban J connectivity index is 1.66. The molecule has 2 heterocycles. The minimum atomic E-state index is -4.36. The summed E-state index contributed by atoms with van der Waals surface area (Å²) in [4.78, 5) is 18.0. The quantitative estimate of drug-likeness (QED) is 0.704. The third-order valence-electron chi connectivity index (χ3n) is 4.81. The molecule has 0 N–H and O–H groups in total. The van der Waals surface area contributed by atoms with Gasteiger partial charge >= 0.3 is 6.18 Å². The Morgan fingerprint density at radius 2 is 1.96 bits per heavy atom. The highest BCUT2D eigenvalue weighted by Gasteiger charge is 2.35. The van der Waals surface area contributed by atoms with E-state index in [9.17, 15) is 18.0 Å². The van der Waals surface area contributed by atoms with Crippen LogP contribution in [0.2, 0.25) is 0 Å². The molecule has 0 saturated carbocycles. The standard InChI is InChI=1S/C21H21F3N2O2/c1-2-20(27)26-12-16(11-18-5-3-4-10-25-18)19(13-26)28-14-15-6-8-17(9-7-15)21(22,23)24/h2-10,16,19H,1,11-14H2/t16?,19-/m1/s1. The predicted molar refractivity (Wildman–Crippen MR) is 98.2 cm³/mol. The molecule has 2 aromatic rings. The smallest absolute Gasteiger partial charge is 0.371 e. The van der Waals surface area contributed by atoms with Crippen LogP contribution in [0.3, 0.4) is 0 Å². The summed E-state index contributed by atoms with van der Waals surface area (Å²) < 4.78 is 44.0. The molecule has 1 saturated heterocycles. The number of hydrogen-bond acceptors (Lipinski definition) is 3. The molecular weight excluding hydrogens is 369 g/mol. The fraction of sp³-hybridized carbons (Fsp3) is 0.333. The third-order valence-corrected chi connectivity index (χ3v) is 4.81. The number of rotatable bonds is 6. The van der Waals surface area contributed by atoms with Gasteiger partial charge in [0.2, 0.25) is 5.91 Å². The number of amides is 1. The molecule has 1 unspecified atom stereocenters. The minimum Gasteiger partial charge on any atom is -0.371 e. The first-order valence-electron chi connectivity index (χ1n) is 8.96. The second-order valence-electron chi connectivity index (χ2n) is 6.78. The van der Waals surface area contributed by atoms with Gasteiger partial charge in [0.25, 0.3) is 0 Å². The number of nitrogens with zero attached hydrogens (tertiary/aromatic N) is 2. The lowest BCUT2D eigenvalue weighted by atomic mass is 9.99. The molecule has 4 nitrogen and oxygen atoms in total. The summed E-state index contributed by atoms with van der Waals surface area (Å²) in [7, 11) is 0. The number of carbonyl (C=O) groups excluding carboxylic acids is 1. The molecule has 0 bridgehead atoms. The number of alkyl halides is 3. The molecule has 3 rings (SSSR count). The highest BCUT2D eigenvalue weighted by Crippen LogP contribution is 2.29. The summed E-state index contributed by atoms with van der Waals surface area (Å²) in [6.07, 6.45) is -0.942. The van der Waals surface area contributed by atoms with Crippen LogP contribution in [-0.4, -0.2) is 35.0 Å². The summed E-state index contributed by atoms with van der Waals surface area (Å²) in [5.41, 5.74) is 0.870. The number of ether oxygens (including phenoxy) is 1. The summed E-state index contributed by atoms with van der Waals surface area (Å²) >= 11 is 0. The molecule has 0 radical (unpaired) electrons. The fourth-order valence-electron chi connectivity index (χ4n) is 3.32. The van der Waals surface area contributed by atoms with E-state index in [2.05, 4.69) is 11.6 Å². The van der Waals surface area contributed by atoms with E-state index in [0.29, 0.717) is 25.1 Å². The van der Waals surface area contributed by atoms with E-state index in [4.69, 9.17) is 4.74 Å². The summed E-state index contributed by atoms with van der Waals surface area (Å²) in [5, 5.41) is 0. The maximum Gasteiger partial charge on any atom is 0.416 e. The van der Waals surface area contributed by atoms with Gasteiger partial charge in [0.15, 0.2) is 0 Å². The maximum absolute atomic E-state index is 12.7. The van der Waals surface area contributed by atoms with Gasteiger partial charge in [-0.2, -0.15) is 13.2 Å². The van der Waals surface area contributed by atoms with E-state index in [1.54, 1.807) is 11.1 Å². The SMILES string of the molecule is C=CC(=O)N1CC(Cc2ccccn2)[C@H](OCc2ccc(C(F)(F)F)cc2)C1. The summed E-state index contributed by atoms with van der Waals surface area (Å²) in [6.45, 7) is 4.65. The van der Waals surface area contributed by atoms with Crippen molar-refractivity contribution in [2.75, 3.05) is 13.1 Å². The number of aromatic nitrogens is 1. The van der Waals surface area contributed by atoms with Crippen LogP contribution in [-0.2, 0) is 28.7 Å². The predicted octanol–water partition coefficient (Wildman–Crippen LogP) is 3.87. The molecule has 0 aliphatic carbocycles. The average molecular weight is 390 g/mol. The summed E-state index contributed by atoms with van der Waals surface area (Å²) in [5.74, 6) is -0.111. The van der Waals surface area contributed by atoms with Gasteiger partial charge in [0.1, 0.15) is 0 Å². The zero-order chi connectivity index (χ0) is 20.1. The number of carbonyl (C=O) groups is 1. The van der Waals surface area contributed by atoms with Crippen molar-refractivity contribution in [1.82, 2.24) is 9.88 Å². The molecule has 1 aromatic heterocycles. The van der Waals surface area contributed by atoms with Crippen molar-refractivity contribution in [3.8, 4) is 0 Å². The fourth-order valence-corrected chi connectivity index (χ4v) is 3.32. The van der Waals surface area contributed by atoms with Crippen LogP contribution in [0.25, 0.3) is 0 Å². The van der Waals surface area contributed by atoms with Crippen LogP contribution in [0.5, 0.6) is 0 Å². The number of pyridine rings is 1. The molecule has 1 amide bonds. The second-order valence-corrected chi connectivity index (χ2v) is 6.78. The largest absolute Gasteiger partial charge is 0.416 e. The lowest BCUT2D eigenvalue weighted by molar-refractivity contribution is -0.137. The second kappa shape index (κ2) is 8.56. The van der Waals surface area contributed by atoms with E-state index < -0.39 is 11.7 Å². The Morgan fingerprint density at radius 1 is 1.21 bits per heavy atom. The van der Waals surface area contributed by atoms with Gasteiger partial charge in [0.05, 0.1) is 18.3 Å². The normalized spacial score (nSPS) is 19.6. The Kier molecular flexibility index (Phi) is 6.14. The lowest BCUT2D eigenvalue weighted by Gasteiger charge is -2.19. The van der Waals surface area contributed by atoms with E-state index in [-0.39, 0.29) is 24.5 Å². The number of benzene rings is 1. The van der Waals surface area contributed by atoms with Crippen molar-refractivity contribution in [3.05, 3.63) is 78.1 Å². The summed E-state index contributed by atoms with van der Waals surface area (Å²) in [6, 6.07) is 10.6. The van der Waals surface area contributed by atoms with Crippen molar-refractivity contribution in [2.45, 2.75) is 25.3 Å². The van der Waals surface area contributed by atoms with Gasteiger partial charge in [-0.3, -0.25) is 9.78 Å². The van der Waals surface area contributed by atoms with Gasteiger partial charge in [0, 0.05) is 30.9 Å². The zero-order valence-corrected chi connectivity index (χ0v) is 15.2. The van der Waals surface area contributed by atoms with Crippen molar-refractivity contribution in [2.24, 2.45) is 5.92 Å². The molecular formula is C21H21F3N2O2. The van der Waals surface area contributed by atoms with E-state index >= 15 is 0 Å². The van der Waals surface area contributed by atoms with Crippen LogP contribution >= 0.6 is 0 Å². The maximum atomic E-state index is 12.7. The van der Waals surface area contributed by atoms with Crippen molar-refractivity contribution < 1.29 is 22.7 Å². The zero-order valence-electron chi connectivity index (χ0n) is 15.2. The average Bonchev–Trinajstić information content (AvgIpc) is 3.09. The molecule has 148 valence electrons. The molecule has 1 aromatic carbocycles. The van der Waals surface area contributed by atoms with Gasteiger partial charge in [-0.25, -0.2) is 0 Å². The number of halogens is 3. The van der Waals surface area contributed by atoms with Gasteiger partial charge in [-0.05, 0) is 42.3 Å². The molecule has 1 aliphatic heterocycles. The van der Waals surface area contributed by atoms with Crippen LogP contribution < -0.4 is 0 Å². The van der Waals surface area contributed by atoms with Gasteiger partial charge in [-0.1, -0.05) is 24.8 Å². The van der Waals surface area contributed by atoms with E-state index in [1.807, 2.05) is 18.2 Å². The van der Waals surface area contributed by atoms with E-state index in [1.165, 1.54) is 18.2 Å².